The smallest absolute Gasteiger partial charge is 0.129 e. The summed E-state index contributed by atoms with van der Waals surface area (Å²) < 4.78 is 26.8. The van der Waals surface area contributed by atoms with Gasteiger partial charge in [-0.15, -0.1) is 0 Å². The largest absolute Gasteiger partial charge is 0.387 e. The number of aliphatic hydroxyl groups is 1. The van der Waals surface area contributed by atoms with Crippen LogP contribution in [0.2, 0.25) is 0 Å². The minimum absolute atomic E-state index is 0.0293. The Balaban J connectivity index is 1.83. The number of benzene rings is 1. The fraction of sp³-hybridized carbons (Fsp3) is 0.647. The van der Waals surface area contributed by atoms with E-state index in [9.17, 15) is 13.9 Å². The number of hydrogen-bond donors (Lipinski definition) is 1. The SMILES string of the molecule is CN(CCC1CCCCN1C)CC(O)c1cc(F)ccc1F. The van der Waals surface area contributed by atoms with Crippen LogP contribution in [0.1, 0.15) is 37.4 Å². The molecule has 1 aliphatic rings. The number of rotatable bonds is 6. The molecular formula is C17H26F2N2O. The van der Waals surface area contributed by atoms with E-state index >= 15 is 0 Å². The molecule has 124 valence electrons. The van der Waals surface area contributed by atoms with Gasteiger partial charge in [-0.05, 0) is 64.6 Å². The van der Waals surface area contributed by atoms with Crippen molar-refractivity contribution in [3.8, 4) is 0 Å². The van der Waals surface area contributed by atoms with Gasteiger partial charge in [-0.25, -0.2) is 8.78 Å². The van der Waals surface area contributed by atoms with Gasteiger partial charge >= 0.3 is 0 Å². The molecule has 0 saturated carbocycles. The van der Waals surface area contributed by atoms with Crippen molar-refractivity contribution in [1.29, 1.82) is 0 Å². The summed E-state index contributed by atoms with van der Waals surface area (Å²) in [4.78, 5) is 4.37. The topological polar surface area (TPSA) is 26.7 Å². The maximum Gasteiger partial charge on any atom is 0.129 e. The number of aliphatic hydroxyl groups excluding tert-OH is 1. The highest BCUT2D eigenvalue weighted by atomic mass is 19.1. The van der Waals surface area contributed by atoms with Crippen molar-refractivity contribution in [1.82, 2.24) is 9.80 Å². The number of hydrogen-bond acceptors (Lipinski definition) is 3. The average molecular weight is 312 g/mol. The number of halogens is 2. The van der Waals surface area contributed by atoms with E-state index < -0.39 is 17.7 Å². The van der Waals surface area contributed by atoms with Crippen molar-refractivity contribution in [2.75, 3.05) is 33.7 Å². The molecule has 2 rings (SSSR count). The van der Waals surface area contributed by atoms with E-state index in [1.165, 1.54) is 19.3 Å². The molecule has 0 amide bonds. The summed E-state index contributed by atoms with van der Waals surface area (Å²) >= 11 is 0. The zero-order valence-electron chi connectivity index (χ0n) is 13.4. The Hall–Kier alpha value is -1.04. The molecule has 1 heterocycles. The van der Waals surface area contributed by atoms with Crippen molar-refractivity contribution in [2.45, 2.75) is 37.8 Å². The Morgan fingerprint density at radius 3 is 2.86 bits per heavy atom. The van der Waals surface area contributed by atoms with Gasteiger partial charge in [0.2, 0.25) is 0 Å². The summed E-state index contributed by atoms with van der Waals surface area (Å²) in [6.45, 7) is 2.28. The zero-order chi connectivity index (χ0) is 16.1. The van der Waals surface area contributed by atoms with Crippen molar-refractivity contribution in [2.24, 2.45) is 0 Å². The normalized spacial score (nSPS) is 21.3. The van der Waals surface area contributed by atoms with Gasteiger partial charge in [-0.2, -0.15) is 0 Å². The highest BCUT2D eigenvalue weighted by Gasteiger charge is 2.20. The van der Waals surface area contributed by atoms with E-state index in [0.29, 0.717) is 12.6 Å². The summed E-state index contributed by atoms with van der Waals surface area (Å²) in [7, 11) is 4.06. The fourth-order valence-corrected chi connectivity index (χ4v) is 3.13. The number of piperidine rings is 1. The summed E-state index contributed by atoms with van der Waals surface area (Å²) in [6, 6.07) is 3.78. The van der Waals surface area contributed by atoms with Gasteiger partial charge in [-0.3, -0.25) is 0 Å². The summed E-state index contributed by atoms with van der Waals surface area (Å²) in [5.74, 6) is -1.09. The van der Waals surface area contributed by atoms with Gasteiger partial charge in [0.05, 0.1) is 6.10 Å². The van der Waals surface area contributed by atoms with E-state index in [1.54, 1.807) is 0 Å². The van der Waals surface area contributed by atoms with Crippen LogP contribution in [0, 0.1) is 11.6 Å². The van der Waals surface area contributed by atoms with Crippen LogP contribution >= 0.6 is 0 Å². The molecule has 22 heavy (non-hydrogen) atoms. The predicted molar refractivity (Wildman–Crippen MR) is 83.7 cm³/mol. The fourth-order valence-electron chi connectivity index (χ4n) is 3.13. The lowest BCUT2D eigenvalue weighted by Crippen LogP contribution is -2.39. The summed E-state index contributed by atoms with van der Waals surface area (Å²) in [6.07, 6.45) is 3.78. The van der Waals surface area contributed by atoms with E-state index in [1.807, 2.05) is 11.9 Å². The summed E-state index contributed by atoms with van der Waals surface area (Å²) in [5.41, 5.74) is 0.0293. The maximum absolute atomic E-state index is 13.6. The van der Waals surface area contributed by atoms with Crippen LogP contribution in [-0.4, -0.2) is 54.7 Å². The molecule has 0 radical (unpaired) electrons. The standard InChI is InChI=1S/C17H26F2N2O/c1-20(10-8-14-5-3-4-9-21(14)2)12-17(22)15-11-13(18)6-7-16(15)19/h6-7,11,14,17,22H,3-5,8-10,12H2,1-2H3. The molecule has 1 aromatic carbocycles. The van der Waals surface area contributed by atoms with Gasteiger partial charge in [0, 0.05) is 18.2 Å². The quantitative estimate of drug-likeness (QED) is 0.875. The van der Waals surface area contributed by atoms with Gasteiger partial charge in [0.1, 0.15) is 11.6 Å². The number of likely N-dealkylation sites (tertiary alicyclic amines) is 1. The molecular weight excluding hydrogens is 286 g/mol. The zero-order valence-corrected chi connectivity index (χ0v) is 13.4. The van der Waals surface area contributed by atoms with Crippen LogP contribution in [0.4, 0.5) is 8.78 Å². The third kappa shape index (κ3) is 4.73. The van der Waals surface area contributed by atoms with Crippen molar-refractivity contribution >= 4 is 0 Å². The molecule has 0 aromatic heterocycles. The summed E-state index contributed by atoms with van der Waals surface area (Å²) in [5, 5.41) is 10.1. The lowest BCUT2D eigenvalue weighted by molar-refractivity contribution is 0.110. The molecule has 5 heteroatoms. The average Bonchev–Trinajstić information content (AvgIpc) is 2.48. The van der Waals surface area contributed by atoms with Gasteiger partial charge in [-0.1, -0.05) is 6.42 Å². The molecule has 1 aliphatic heterocycles. The first kappa shape index (κ1) is 17.3. The first-order valence-corrected chi connectivity index (χ1v) is 7.99. The van der Waals surface area contributed by atoms with Crippen LogP contribution in [0.25, 0.3) is 0 Å². The first-order chi connectivity index (χ1) is 10.5. The van der Waals surface area contributed by atoms with Crippen LogP contribution in [-0.2, 0) is 0 Å². The Bertz CT molecular complexity index is 484. The molecule has 0 aliphatic carbocycles. The van der Waals surface area contributed by atoms with Crippen molar-refractivity contribution in [3.05, 3.63) is 35.4 Å². The van der Waals surface area contributed by atoms with Crippen LogP contribution in [0.5, 0.6) is 0 Å². The molecule has 0 spiro atoms. The van der Waals surface area contributed by atoms with E-state index in [0.717, 1.165) is 37.7 Å². The molecule has 1 aromatic rings. The van der Waals surface area contributed by atoms with Crippen LogP contribution in [0.15, 0.2) is 18.2 Å². The third-order valence-electron chi connectivity index (χ3n) is 4.57. The first-order valence-electron chi connectivity index (χ1n) is 7.99. The Morgan fingerprint density at radius 1 is 1.36 bits per heavy atom. The minimum atomic E-state index is -1.01. The predicted octanol–water partition coefficient (Wildman–Crippen LogP) is 2.80. The number of nitrogens with zero attached hydrogens (tertiary/aromatic N) is 2. The molecule has 3 nitrogen and oxygen atoms in total. The monoisotopic (exact) mass is 312 g/mol. The van der Waals surface area contributed by atoms with Gasteiger partial charge < -0.3 is 14.9 Å². The molecule has 2 unspecified atom stereocenters. The van der Waals surface area contributed by atoms with Crippen LogP contribution < -0.4 is 0 Å². The van der Waals surface area contributed by atoms with E-state index in [2.05, 4.69) is 11.9 Å². The van der Waals surface area contributed by atoms with Crippen molar-refractivity contribution in [3.63, 3.8) is 0 Å². The van der Waals surface area contributed by atoms with Gasteiger partial charge in [0.25, 0.3) is 0 Å². The second-order valence-corrected chi connectivity index (χ2v) is 6.36. The second-order valence-electron chi connectivity index (χ2n) is 6.36. The Labute approximate surface area is 131 Å². The van der Waals surface area contributed by atoms with Crippen LogP contribution in [0.3, 0.4) is 0 Å². The Kier molecular flexibility index (Phi) is 6.29. The molecule has 1 N–H and O–H groups in total. The number of likely N-dealkylation sites (N-methyl/N-ethyl adjacent to an activating group) is 1. The lowest BCUT2D eigenvalue weighted by atomic mass is 10.00. The van der Waals surface area contributed by atoms with E-state index in [4.69, 9.17) is 0 Å². The minimum Gasteiger partial charge on any atom is -0.387 e. The molecule has 2 atom stereocenters. The molecule has 1 fully saturated rings. The van der Waals surface area contributed by atoms with E-state index in [-0.39, 0.29) is 5.56 Å². The molecule has 0 bridgehead atoms. The second kappa shape index (κ2) is 7.99. The van der Waals surface area contributed by atoms with Crippen molar-refractivity contribution < 1.29 is 13.9 Å². The maximum atomic E-state index is 13.6. The van der Waals surface area contributed by atoms with Gasteiger partial charge in [0.15, 0.2) is 0 Å². The highest BCUT2D eigenvalue weighted by molar-refractivity contribution is 5.21. The molecule has 1 saturated heterocycles. The Morgan fingerprint density at radius 2 is 2.14 bits per heavy atom. The lowest BCUT2D eigenvalue weighted by Gasteiger charge is -2.33. The third-order valence-corrected chi connectivity index (χ3v) is 4.57. The highest BCUT2D eigenvalue weighted by Crippen LogP contribution is 2.21.